The van der Waals surface area contributed by atoms with Gasteiger partial charge in [-0.2, -0.15) is 0 Å². The van der Waals surface area contributed by atoms with Crippen molar-refractivity contribution >= 4 is 29.2 Å². The number of nitrogens with one attached hydrogen (secondary N) is 1. The topological polar surface area (TPSA) is 64.6 Å². The van der Waals surface area contributed by atoms with Crippen molar-refractivity contribution in [3.8, 4) is 11.5 Å². The third-order valence-electron chi connectivity index (χ3n) is 4.58. The van der Waals surface area contributed by atoms with Gasteiger partial charge in [-0.3, -0.25) is 9.59 Å². The van der Waals surface area contributed by atoms with Crippen LogP contribution in [0.2, 0.25) is 5.02 Å². The lowest BCUT2D eigenvalue weighted by Crippen LogP contribution is -2.12. The fourth-order valence-corrected chi connectivity index (χ4v) is 3.10. The molecule has 1 N–H and O–H groups in total. The predicted molar refractivity (Wildman–Crippen MR) is 127 cm³/mol. The Hall–Kier alpha value is -3.31. The number of hydrogen-bond acceptors (Lipinski definition) is 4. The van der Waals surface area contributed by atoms with Crippen molar-refractivity contribution in [1.82, 2.24) is 0 Å². The molecule has 0 saturated carbocycles. The van der Waals surface area contributed by atoms with E-state index < -0.39 is 0 Å². The molecule has 5 nitrogen and oxygen atoms in total. The Labute approximate surface area is 193 Å². The molecular formula is C26H26ClNO4. The maximum atomic E-state index is 12.3. The number of benzene rings is 3. The first-order valence-corrected chi connectivity index (χ1v) is 10.8. The summed E-state index contributed by atoms with van der Waals surface area (Å²) in [7, 11) is 0. The van der Waals surface area contributed by atoms with Crippen molar-refractivity contribution in [2.24, 2.45) is 5.92 Å². The van der Waals surface area contributed by atoms with E-state index in [4.69, 9.17) is 21.1 Å². The second-order valence-corrected chi connectivity index (χ2v) is 8.37. The highest BCUT2D eigenvalue weighted by Crippen LogP contribution is 2.31. The minimum Gasteiger partial charge on any atom is -0.465 e. The minimum absolute atomic E-state index is 0.155. The molecule has 6 heteroatoms. The zero-order valence-corrected chi connectivity index (χ0v) is 19.1. The summed E-state index contributed by atoms with van der Waals surface area (Å²) in [5, 5.41) is 3.26. The maximum Gasteiger partial charge on any atom is 0.310 e. The van der Waals surface area contributed by atoms with Crippen LogP contribution in [0.5, 0.6) is 11.5 Å². The molecule has 32 heavy (non-hydrogen) atoms. The van der Waals surface area contributed by atoms with Crippen molar-refractivity contribution in [2.45, 2.75) is 27.2 Å². The van der Waals surface area contributed by atoms with Crippen LogP contribution in [0.3, 0.4) is 0 Å². The number of ether oxygens (including phenoxy) is 2. The Bertz CT molecular complexity index is 1080. The van der Waals surface area contributed by atoms with Crippen molar-refractivity contribution in [3.63, 3.8) is 0 Å². The Morgan fingerprint density at radius 3 is 2.28 bits per heavy atom. The van der Waals surface area contributed by atoms with E-state index in [1.807, 2.05) is 32.9 Å². The number of amides is 1. The zero-order chi connectivity index (χ0) is 23.1. The first-order valence-electron chi connectivity index (χ1n) is 10.4. The van der Waals surface area contributed by atoms with Gasteiger partial charge in [0, 0.05) is 11.3 Å². The van der Waals surface area contributed by atoms with Gasteiger partial charge in [0.15, 0.2) is 0 Å². The first kappa shape index (κ1) is 23.4. The van der Waals surface area contributed by atoms with Gasteiger partial charge in [-0.25, -0.2) is 0 Å². The monoisotopic (exact) mass is 451 g/mol. The number of esters is 1. The summed E-state index contributed by atoms with van der Waals surface area (Å²) < 4.78 is 11.0. The molecule has 3 aromatic rings. The summed E-state index contributed by atoms with van der Waals surface area (Å²) in [5.74, 6) is 0.878. The summed E-state index contributed by atoms with van der Waals surface area (Å²) in [5.41, 5.74) is 3.10. The van der Waals surface area contributed by atoms with Gasteiger partial charge in [-0.1, -0.05) is 49.2 Å². The molecule has 3 rings (SSSR count). The SMILES string of the molecule is Cc1ccc(C(=O)Nc2ccc(Oc3ccc(CC(=O)OCC(C)C)cc3Cl)cc2)cc1. The van der Waals surface area contributed by atoms with Crippen LogP contribution in [-0.4, -0.2) is 18.5 Å². The van der Waals surface area contributed by atoms with Crippen molar-refractivity contribution in [3.05, 3.63) is 88.4 Å². The second kappa shape index (κ2) is 10.8. The van der Waals surface area contributed by atoms with Gasteiger partial charge < -0.3 is 14.8 Å². The van der Waals surface area contributed by atoms with Crippen LogP contribution in [0.15, 0.2) is 66.7 Å². The Morgan fingerprint density at radius 2 is 1.66 bits per heavy atom. The largest absolute Gasteiger partial charge is 0.465 e. The Kier molecular flexibility index (Phi) is 7.90. The summed E-state index contributed by atoms with van der Waals surface area (Å²) in [4.78, 5) is 24.2. The number of anilines is 1. The van der Waals surface area contributed by atoms with E-state index in [-0.39, 0.29) is 18.3 Å². The molecule has 0 aliphatic heterocycles. The lowest BCUT2D eigenvalue weighted by molar-refractivity contribution is -0.143. The van der Waals surface area contributed by atoms with Gasteiger partial charge in [-0.15, -0.1) is 0 Å². The van der Waals surface area contributed by atoms with Gasteiger partial charge >= 0.3 is 5.97 Å². The number of halogens is 1. The fourth-order valence-electron chi connectivity index (χ4n) is 2.86. The van der Waals surface area contributed by atoms with Gasteiger partial charge in [0.25, 0.3) is 5.91 Å². The summed E-state index contributed by atoms with van der Waals surface area (Å²) in [6.45, 7) is 6.35. The molecule has 0 aliphatic rings. The van der Waals surface area contributed by atoms with E-state index in [1.54, 1.807) is 54.6 Å². The van der Waals surface area contributed by atoms with Crippen LogP contribution >= 0.6 is 11.6 Å². The maximum absolute atomic E-state index is 12.3. The molecule has 0 atom stereocenters. The average molecular weight is 452 g/mol. The van der Waals surface area contributed by atoms with Crippen LogP contribution in [0.4, 0.5) is 5.69 Å². The molecule has 0 heterocycles. The smallest absolute Gasteiger partial charge is 0.310 e. The average Bonchev–Trinajstić information content (AvgIpc) is 2.76. The number of rotatable bonds is 8. The van der Waals surface area contributed by atoms with Gasteiger partial charge in [0.2, 0.25) is 0 Å². The molecule has 0 aromatic heterocycles. The van der Waals surface area contributed by atoms with E-state index in [0.717, 1.165) is 11.1 Å². The van der Waals surface area contributed by atoms with Crippen LogP contribution in [0, 0.1) is 12.8 Å². The van der Waals surface area contributed by atoms with Crippen molar-refractivity contribution in [1.29, 1.82) is 0 Å². The van der Waals surface area contributed by atoms with E-state index in [0.29, 0.717) is 40.3 Å². The third kappa shape index (κ3) is 6.86. The quantitative estimate of drug-likeness (QED) is 0.400. The molecule has 1 amide bonds. The molecule has 0 bridgehead atoms. The molecule has 166 valence electrons. The van der Waals surface area contributed by atoms with E-state index in [9.17, 15) is 9.59 Å². The third-order valence-corrected chi connectivity index (χ3v) is 4.87. The summed E-state index contributed by atoms with van der Waals surface area (Å²) in [6, 6.07) is 19.6. The van der Waals surface area contributed by atoms with E-state index in [2.05, 4.69) is 5.32 Å². The van der Waals surface area contributed by atoms with Crippen LogP contribution in [0.1, 0.15) is 35.3 Å². The fraction of sp³-hybridized carbons (Fsp3) is 0.231. The molecule has 0 aliphatic carbocycles. The van der Waals surface area contributed by atoms with Crippen LogP contribution in [0.25, 0.3) is 0 Å². The van der Waals surface area contributed by atoms with Crippen molar-refractivity contribution in [2.75, 3.05) is 11.9 Å². The lowest BCUT2D eigenvalue weighted by atomic mass is 10.1. The molecule has 0 spiro atoms. The van der Waals surface area contributed by atoms with Gasteiger partial charge in [0.1, 0.15) is 11.5 Å². The molecule has 0 unspecified atom stereocenters. The highest BCUT2D eigenvalue weighted by Gasteiger charge is 2.10. The highest BCUT2D eigenvalue weighted by atomic mass is 35.5. The van der Waals surface area contributed by atoms with E-state index >= 15 is 0 Å². The number of carbonyl (C=O) groups excluding carboxylic acids is 2. The normalized spacial score (nSPS) is 10.7. The molecular weight excluding hydrogens is 426 g/mol. The Balaban J connectivity index is 1.58. The number of carbonyl (C=O) groups is 2. The van der Waals surface area contributed by atoms with Crippen LogP contribution in [-0.2, 0) is 16.0 Å². The molecule has 0 radical (unpaired) electrons. The van der Waals surface area contributed by atoms with E-state index in [1.165, 1.54) is 0 Å². The van der Waals surface area contributed by atoms with Gasteiger partial charge in [0.05, 0.1) is 18.1 Å². The second-order valence-electron chi connectivity index (χ2n) is 7.96. The standard InChI is InChI=1S/C26H26ClNO4/c1-17(2)16-31-25(29)15-19-6-13-24(23(27)14-19)32-22-11-9-21(10-12-22)28-26(30)20-7-4-18(3)5-8-20/h4-14,17H,15-16H2,1-3H3,(H,28,30). The first-order chi connectivity index (χ1) is 15.3. The Morgan fingerprint density at radius 1 is 0.969 bits per heavy atom. The molecule has 0 saturated heterocycles. The predicted octanol–water partition coefficient (Wildman–Crippen LogP) is 6.43. The molecule has 0 fully saturated rings. The molecule has 3 aromatic carbocycles. The zero-order valence-electron chi connectivity index (χ0n) is 18.4. The van der Waals surface area contributed by atoms with Crippen LogP contribution < -0.4 is 10.1 Å². The number of aryl methyl sites for hydroxylation is 1. The highest BCUT2D eigenvalue weighted by molar-refractivity contribution is 6.32. The van der Waals surface area contributed by atoms with Gasteiger partial charge in [-0.05, 0) is 66.9 Å². The number of hydrogen-bond donors (Lipinski definition) is 1. The summed E-state index contributed by atoms with van der Waals surface area (Å²) in [6.07, 6.45) is 0.155. The van der Waals surface area contributed by atoms with Crippen molar-refractivity contribution < 1.29 is 19.1 Å². The summed E-state index contributed by atoms with van der Waals surface area (Å²) >= 11 is 6.34. The minimum atomic E-state index is -0.285. The lowest BCUT2D eigenvalue weighted by Gasteiger charge is -2.11.